The van der Waals surface area contributed by atoms with Crippen molar-refractivity contribution in [3.63, 3.8) is 0 Å². The molecule has 2 aromatic rings. The Morgan fingerprint density at radius 2 is 1.28 bits per heavy atom. The van der Waals surface area contributed by atoms with E-state index in [1.807, 2.05) is 0 Å². The molecule has 6 heteroatoms. The Morgan fingerprint density at radius 3 is 1.61 bits per heavy atom. The molecular weight excluding hydrogens is 236 g/mol. The van der Waals surface area contributed by atoms with E-state index in [2.05, 4.69) is 10.2 Å². The van der Waals surface area contributed by atoms with E-state index in [-0.39, 0.29) is 11.8 Å². The number of fused-ring (bicyclic) bond motifs is 1. The molecule has 0 N–H and O–H groups in total. The molecule has 6 nitrogen and oxygen atoms in total. The highest BCUT2D eigenvalue weighted by Gasteiger charge is 2.13. The number of carbonyl (C=O) groups excluding carboxylic acids is 2. The van der Waals surface area contributed by atoms with Gasteiger partial charge in [0.1, 0.15) is 0 Å². The lowest BCUT2D eigenvalue weighted by molar-refractivity contribution is -0.133. The highest BCUT2D eigenvalue weighted by molar-refractivity contribution is 5.92. The van der Waals surface area contributed by atoms with E-state index in [1.165, 1.54) is 13.8 Å². The van der Waals surface area contributed by atoms with Crippen molar-refractivity contribution in [2.24, 2.45) is 0 Å². The van der Waals surface area contributed by atoms with Gasteiger partial charge in [0.05, 0.1) is 10.8 Å². The third kappa shape index (κ3) is 2.42. The van der Waals surface area contributed by atoms with Crippen LogP contribution in [-0.2, 0) is 9.59 Å². The van der Waals surface area contributed by atoms with E-state index < -0.39 is 11.9 Å². The summed E-state index contributed by atoms with van der Waals surface area (Å²) >= 11 is 0. The lowest BCUT2D eigenvalue weighted by atomic mass is 10.2. The molecule has 0 amide bonds. The van der Waals surface area contributed by atoms with Crippen molar-refractivity contribution in [3.8, 4) is 11.8 Å². The molecule has 0 atom stereocenters. The van der Waals surface area contributed by atoms with Gasteiger partial charge in [-0.3, -0.25) is 9.59 Å². The van der Waals surface area contributed by atoms with Crippen LogP contribution in [0, 0.1) is 0 Å². The van der Waals surface area contributed by atoms with Gasteiger partial charge in [0.15, 0.2) is 0 Å². The van der Waals surface area contributed by atoms with Gasteiger partial charge in [0.2, 0.25) is 11.8 Å². The van der Waals surface area contributed by atoms with Gasteiger partial charge >= 0.3 is 11.9 Å². The van der Waals surface area contributed by atoms with Crippen LogP contribution in [0.4, 0.5) is 0 Å². The van der Waals surface area contributed by atoms with Crippen molar-refractivity contribution < 1.29 is 19.1 Å². The zero-order valence-electron chi connectivity index (χ0n) is 9.84. The van der Waals surface area contributed by atoms with Gasteiger partial charge in [-0.05, 0) is 12.1 Å². The van der Waals surface area contributed by atoms with Crippen LogP contribution in [0.2, 0.25) is 0 Å². The average molecular weight is 246 g/mol. The molecule has 2 rings (SSSR count). The fourth-order valence-corrected chi connectivity index (χ4v) is 1.48. The number of hydrogen-bond acceptors (Lipinski definition) is 6. The zero-order valence-corrected chi connectivity index (χ0v) is 9.84. The number of ether oxygens (including phenoxy) is 2. The number of carbonyl (C=O) groups is 2. The SMILES string of the molecule is CC(=O)Oc1nnc(OC(C)=O)c2ccccc12. The molecule has 0 spiro atoms. The maximum absolute atomic E-state index is 10.9. The Balaban J connectivity index is 2.58. The molecule has 0 aliphatic heterocycles. The van der Waals surface area contributed by atoms with E-state index >= 15 is 0 Å². The van der Waals surface area contributed by atoms with Gasteiger partial charge in [-0.15, -0.1) is 10.2 Å². The summed E-state index contributed by atoms with van der Waals surface area (Å²) in [6, 6.07) is 6.92. The first-order valence-electron chi connectivity index (χ1n) is 5.20. The molecule has 0 fully saturated rings. The largest absolute Gasteiger partial charge is 0.405 e. The molecule has 0 bridgehead atoms. The predicted octanol–water partition coefficient (Wildman–Crippen LogP) is 1.48. The second-order valence-electron chi connectivity index (χ2n) is 3.54. The fraction of sp³-hybridized carbons (Fsp3) is 0.167. The topological polar surface area (TPSA) is 78.4 Å². The van der Waals surface area contributed by atoms with Crippen molar-refractivity contribution in [2.75, 3.05) is 0 Å². The van der Waals surface area contributed by atoms with E-state index in [0.717, 1.165) is 0 Å². The second kappa shape index (κ2) is 4.79. The maximum atomic E-state index is 10.9. The highest BCUT2D eigenvalue weighted by atomic mass is 16.6. The first-order valence-corrected chi connectivity index (χ1v) is 5.20. The van der Waals surface area contributed by atoms with Gasteiger partial charge in [0, 0.05) is 13.8 Å². The van der Waals surface area contributed by atoms with Crippen LogP contribution in [-0.4, -0.2) is 22.1 Å². The quantitative estimate of drug-likeness (QED) is 0.747. The van der Waals surface area contributed by atoms with Crippen LogP contribution >= 0.6 is 0 Å². The van der Waals surface area contributed by atoms with E-state index in [0.29, 0.717) is 10.8 Å². The normalized spacial score (nSPS) is 10.1. The Bertz CT molecular complexity index is 570. The molecule has 0 aliphatic rings. The summed E-state index contributed by atoms with van der Waals surface area (Å²) in [6.45, 7) is 2.55. The molecule has 0 unspecified atom stereocenters. The summed E-state index contributed by atoms with van der Waals surface area (Å²) in [6.07, 6.45) is 0. The first kappa shape index (κ1) is 12.0. The molecule has 1 aromatic heterocycles. The number of esters is 2. The van der Waals surface area contributed by atoms with Gasteiger partial charge in [0.25, 0.3) is 0 Å². The number of rotatable bonds is 2. The summed E-state index contributed by atoms with van der Waals surface area (Å²) in [4.78, 5) is 21.9. The van der Waals surface area contributed by atoms with E-state index in [1.54, 1.807) is 24.3 Å². The van der Waals surface area contributed by atoms with Crippen molar-refractivity contribution in [3.05, 3.63) is 24.3 Å². The third-order valence-electron chi connectivity index (χ3n) is 2.10. The predicted molar refractivity (Wildman–Crippen MR) is 62.2 cm³/mol. The molecule has 0 saturated heterocycles. The summed E-state index contributed by atoms with van der Waals surface area (Å²) in [7, 11) is 0. The second-order valence-corrected chi connectivity index (χ2v) is 3.54. The Labute approximate surface area is 103 Å². The van der Waals surface area contributed by atoms with E-state index in [9.17, 15) is 9.59 Å². The monoisotopic (exact) mass is 246 g/mol. The minimum atomic E-state index is -0.491. The van der Waals surface area contributed by atoms with Gasteiger partial charge < -0.3 is 9.47 Å². The zero-order chi connectivity index (χ0) is 13.1. The van der Waals surface area contributed by atoms with Crippen LogP contribution in [0.5, 0.6) is 11.8 Å². The summed E-state index contributed by atoms with van der Waals surface area (Å²) in [5.74, 6) is -0.799. The van der Waals surface area contributed by atoms with Gasteiger partial charge in [-0.2, -0.15) is 0 Å². The van der Waals surface area contributed by atoms with Crippen LogP contribution in [0.15, 0.2) is 24.3 Å². The number of benzene rings is 1. The van der Waals surface area contributed by atoms with Gasteiger partial charge in [-0.25, -0.2) is 0 Å². The number of nitrogens with zero attached hydrogens (tertiary/aromatic N) is 2. The van der Waals surface area contributed by atoms with E-state index in [4.69, 9.17) is 9.47 Å². The van der Waals surface area contributed by atoms with Crippen LogP contribution in [0.1, 0.15) is 13.8 Å². The Morgan fingerprint density at radius 1 is 0.889 bits per heavy atom. The number of hydrogen-bond donors (Lipinski definition) is 0. The van der Waals surface area contributed by atoms with Crippen molar-refractivity contribution in [2.45, 2.75) is 13.8 Å². The molecule has 1 aromatic carbocycles. The summed E-state index contributed by atoms with van der Waals surface area (Å²) in [5, 5.41) is 8.57. The maximum Gasteiger partial charge on any atom is 0.309 e. The molecule has 18 heavy (non-hydrogen) atoms. The average Bonchev–Trinajstić information content (AvgIpc) is 2.31. The van der Waals surface area contributed by atoms with Crippen LogP contribution < -0.4 is 9.47 Å². The minimum absolute atomic E-state index is 0.0917. The number of aromatic nitrogens is 2. The van der Waals surface area contributed by atoms with Crippen molar-refractivity contribution in [1.29, 1.82) is 0 Å². The fourth-order valence-electron chi connectivity index (χ4n) is 1.48. The molecule has 1 heterocycles. The lowest BCUT2D eigenvalue weighted by Crippen LogP contribution is -2.08. The van der Waals surface area contributed by atoms with Crippen LogP contribution in [0.3, 0.4) is 0 Å². The van der Waals surface area contributed by atoms with Crippen LogP contribution in [0.25, 0.3) is 10.8 Å². The lowest BCUT2D eigenvalue weighted by Gasteiger charge is -2.07. The summed E-state index contributed by atoms with van der Waals surface area (Å²) in [5.41, 5.74) is 0. The minimum Gasteiger partial charge on any atom is -0.405 e. The molecule has 0 aliphatic carbocycles. The molecule has 0 saturated carbocycles. The highest BCUT2D eigenvalue weighted by Crippen LogP contribution is 2.28. The third-order valence-corrected chi connectivity index (χ3v) is 2.10. The van der Waals surface area contributed by atoms with Gasteiger partial charge in [-0.1, -0.05) is 12.1 Å². The van der Waals surface area contributed by atoms with Crippen molar-refractivity contribution in [1.82, 2.24) is 10.2 Å². The smallest absolute Gasteiger partial charge is 0.309 e. The Hall–Kier alpha value is -2.50. The molecule has 0 radical (unpaired) electrons. The molecular formula is C12H10N2O4. The standard InChI is InChI=1S/C12H10N2O4/c1-7(15)17-11-9-5-3-4-6-10(9)12(14-13-11)18-8(2)16/h3-6H,1-2H3. The molecule has 92 valence electrons. The summed E-state index contributed by atoms with van der Waals surface area (Å²) < 4.78 is 9.87. The first-order chi connectivity index (χ1) is 8.58. The van der Waals surface area contributed by atoms with Crippen molar-refractivity contribution >= 4 is 22.7 Å². The Kier molecular flexibility index (Phi) is 3.18.